The lowest BCUT2D eigenvalue weighted by Crippen LogP contribution is -2.47. The van der Waals surface area contributed by atoms with Crippen molar-refractivity contribution in [3.63, 3.8) is 0 Å². The van der Waals surface area contributed by atoms with Crippen molar-refractivity contribution in [1.82, 2.24) is 9.97 Å². The molecule has 184 valence electrons. The van der Waals surface area contributed by atoms with Gasteiger partial charge in [-0.05, 0) is 25.1 Å². The molecule has 8 nitrogen and oxygen atoms in total. The Hall–Kier alpha value is -3.35. The van der Waals surface area contributed by atoms with Gasteiger partial charge in [0.25, 0.3) is 18.2 Å². The fourth-order valence-corrected chi connectivity index (χ4v) is 3.88. The molecular weight excluding hydrogens is 467 g/mol. The molecular formula is C21H21F5N4O4. The van der Waals surface area contributed by atoms with Crippen molar-refractivity contribution < 1.29 is 41.0 Å². The molecule has 0 aromatic carbocycles. The summed E-state index contributed by atoms with van der Waals surface area (Å²) in [6.45, 7) is 2.05. The molecule has 0 spiro atoms. The molecule has 2 aromatic heterocycles. The van der Waals surface area contributed by atoms with Gasteiger partial charge in [0.05, 0.1) is 7.11 Å². The van der Waals surface area contributed by atoms with Crippen molar-refractivity contribution in [2.45, 2.75) is 44.1 Å². The molecule has 2 amide bonds. The van der Waals surface area contributed by atoms with E-state index >= 15 is 0 Å². The Morgan fingerprint density at radius 3 is 2.50 bits per heavy atom. The Morgan fingerprint density at radius 1 is 1.26 bits per heavy atom. The molecule has 0 saturated carbocycles. The number of anilines is 1. The molecule has 2 aromatic rings. The maximum absolute atomic E-state index is 14.0. The van der Waals surface area contributed by atoms with Crippen LogP contribution < -0.4 is 15.8 Å². The summed E-state index contributed by atoms with van der Waals surface area (Å²) in [6.07, 6.45) is -8.33. The van der Waals surface area contributed by atoms with Crippen molar-refractivity contribution in [3.05, 3.63) is 47.4 Å². The van der Waals surface area contributed by atoms with Gasteiger partial charge in [0.2, 0.25) is 5.88 Å². The number of ether oxygens (including phenoxy) is 2. The first kappa shape index (κ1) is 25.3. The summed E-state index contributed by atoms with van der Waals surface area (Å²) in [5, 5.41) is 2.40. The molecule has 0 unspecified atom stereocenters. The van der Waals surface area contributed by atoms with Crippen molar-refractivity contribution in [2.24, 2.45) is 11.7 Å². The van der Waals surface area contributed by atoms with Crippen molar-refractivity contribution in [2.75, 3.05) is 12.4 Å². The second kappa shape index (κ2) is 9.12. The van der Waals surface area contributed by atoms with E-state index in [4.69, 9.17) is 15.2 Å². The van der Waals surface area contributed by atoms with Crippen molar-refractivity contribution >= 4 is 17.5 Å². The third kappa shape index (κ3) is 4.52. The quantitative estimate of drug-likeness (QED) is 0.601. The maximum Gasteiger partial charge on any atom is 0.417 e. The minimum absolute atomic E-state index is 0.0000725. The van der Waals surface area contributed by atoms with Crippen LogP contribution in [0.25, 0.3) is 0 Å². The van der Waals surface area contributed by atoms with E-state index in [1.807, 2.05) is 0 Å². The average Bonchev–Trinajstić information content (AvgIpc) is 3.05. The van der Waals surface area contributed by atoms with E-state index in [2.05, 4.69) is 15.3 Å². The Kier molecular flexibility index (Phi) is 6.78. The fourth-order valence-electron chi connectivity index (χ4n) is 3.88. The van der Waals surface area contributed by atoms with Crippen LogP contribution in [0.3, 0.4) is 0 Å². The largest absolute Gasteiger partial charge is 0.481 e. The first-order valence-corrected chi connectivity index (χ1v) is 9.94. The van der Waals surface area contributed by atoms with E-state index < -0.39 is 53.7 Å². The first-order valence-electron chi connectivity index (χ1n) is 9.94. The Balaban J connectivity index is 2.05. The fraction of sp³-hybridized carbons (Fsp3) is 0.429. The zero-order chi connectivity index (χ0) is 25.4. The lowest BCUT2D eigenvalue weighted by molar-refractivity contribution is -0.272. The molecule has 0 aliphatic carbocycles. The molecule has 1 fully saturated rings. The summed E-state index contributed by atoms with van der Waals surface area (Å²) >= 11 is 0. The van der Waals surface area contributed by atoms with Crippen molar-refractivity contribution in [1.29, 1.82) is 0 Å². The molecule has 0 bridgehead atoms. The molecule has 3 N–H and O–H groups in total. The highest BCUT2D eigenvalue weighted by molar-refractivity contribution is 5.97. The van der Waals surface area contributed by atoms with E-state index in [1.54, 1.807) is 0 Å². The predicted molar refractivity (Wildman–Crippen MR) is 108 cm³/mol. The van der Waals surface area contributed by atoms with E-state index in [1.165, 1.54) is 19.2 Å². The number of rotatable bonds is 6. The van der Waals surface area contributed by atoms with Gasteiger partial charge in [-0.2, -0.15) is 13.2 Å². The number of carbonyl (C=O) groups is 2. The molecule has 4 atom stereocenters. The molecule has 3 rings (SSSR count). The Bertz CT molecular complexity index is 1100. The SMILES string of the molecule is COc1nc(C(F)F)ccc1[C@@H]1[C@@H](C)[C@@](C)(C(F)(F)F)O[C@H]1C(=O)Nc1ccnc(C(N)=O)c1. The van der Waals surface area contributed by atoms with Crippen LogP contribution >= 0.6 is 0 Å². The number of carbonyl (C=O) groups excluding carboxylic acids is 2. The molecule has 0 radical (unpaired) electrons. The number of hydrogen-bond acceptors (Lipinski definition) is 6. The number of methoxy groups -OCH3 is 1. The monoisotopic (exact) mass is 488 g/mol. The van der Waals surface area contributed by atoms with Gasteiger partial charge in [0.1, 0.15) is 17.5 Å². The van der Waals surface area contributed by atoms with E-state index in [0.717, 1.165) is 32.2 Å². The summed E-state index contributed by atoms with van der Waals surface area (Å²) in [4.78, 5) is 31.8. The van der Waals surface area contributed by atoms with Gasteiger partial charge in [-0.15, -0.1) is 0 Å². The number of nitrogens with zero attached hydrogens (tertiary/aromatic N) is 2. The summed E-state index contributed by atoms with van der Waals surface area (Å²) in [7, 11) is 1.13. The third-order valence-corrected chi connectivity index (χ3v) is 5.89. The first-order chi connectivity index (χ1) is 15.8. The predicted octanol–water partition coefficient (Wildman–Crippen LogP) is 3.60. The summed E-state index contributed by atoms with van der Waals surface area (Å²) < 4.78 is 78.5. The van der Waals surface area contributed by atoms with Crippen LogP contribution in [0.2, 0.25) is 0 Å². The van der Waals surface area contributed by atoms with E-state index in [9.17, 15) is 31.5 Å². The Labute approximate surface area is 190 Å². The molecule has 3 heterocycles. The van der Waals surface area contributed by atoms with Crippen LogP contribution in [-0.4, -0.2) is 46.8 Å². The Morgan fingerprint density at radius 2 is 1.94 bits per heavy atom. The number of alkyl halides is 5. The normalized spacial score (nSPS) is 24.8. The standard InChI is InChI=1S/C21H21F5N4O4/c1-9-14(11-4-5-12(16(22)23)30-19(11)33-3)15(34-20(9,2)21(24,25)26)18(32)29-10-6-7-28-13(8-10)17(27)31/h4-9,14-16H,1-3H3,(H2,27,31)(H,28,29,32)/t9-,14+,15-,20+/m1/s1. The summed E-state index contributed by atoms with van der Waals surface area (Å²) in [6, 6.07) is 4.56. The number of aromatic nitrogens is 2. The van der Waals surface area contributed by atoms with Gasteiger partial charge in [-0.1, -0.05) is 13.0 Å². The zero-order valence-electron chi connectivity index (χ0n) is 18.2. The van der Waals surface area contributed by atoms with Gasteiger partial charge in [0.15, 0.2) is 5.60 Å². The lowest BCUT2D eigenvalue weighted by Gasteiger charge is -2.31. The number of hydrogen-bond donors (Lipinski definition) is 2. The second-order valence-electron chi connectivity index (χ2n) is 7.88. The zero-order valence-corrected chi connectivity index (χ0v) is 18.2. The summed E-state index contributed by atoms with van der Waals surface area (Å²) in [5.74, 6) is -4.79. The van der Waals surface area contributed by atoms with Gasteiger partial charge >= 0.3 is 6.18 Å². The number of nitrogens with one attached hydrogen (secondary N) is 1. The molecule has 1 aliphatic heterocycles. The van der Waals surface area contributed by atoms with E-state index in [-0.39, 0.29) is 22.8 Å². The van der Waals surface area contributed by atoms with E-state index in [0.29, 0.717) is 0 Å². The smallest absolute Gasteiger partial charge is 0.417 e. The number of halogens is 5. The van der Waals surface area contributed by atoms with Crippen LogP contribution in [0.15, 0.2) is 30.5 Å². The molecule has 1 aliphatic rings. The summed E-state index contributed by atoms with van der Waals surface area (Å²) in [5.41, 5.74) is 1.65. The number of pyridine rings is 2. The minimum atomic E-state index is -4.86. The highest BCUT2D eigenvalue weighted by Gasteiger charge is 2.65. The minimum Gasteiger partial charge on any atom is -0.481 e. The van der Waals surface area contributed by atoms with Crippen LogP contribution in [-0.2, 0) is 9.53 Å². The average molecular weight is 488 g/mol. The van der Waals surface area contributed by atoms with Crippen LogP contribution in [0.5, 0.6) is 5.88 Å². The number of primary amides is 1. The molecule has 34 heavy (non-hydrogen) atoms. The number of amides is 2. The maximum atomic E-state index is 14.0. The second-order valence-corrected chi connectivity index (χ2v) is 7.88. The van der Waals surface area contributed by atoms with Crippen molar-refractivity contribution in [3.8, 4) is 5.88 Å². The highest BCUT2D eigenvalue weighted by atomic mass is 19.4. The highest BCUT2D eigenvalue weighted by Crippen LogP contribution is 2.54. The van der Waals surface area contributed by atoms with Gasteiger partial charge in [-0.3, -0.25) is 14.6 Å². The van der Waals surface area contributed by atoms with Crippen LogP contribution in [0.1, 0.15) is 47.9 Å². The van der Waals surface area contributed by atoms with Crippen LogP contribution in [0.4, 0.5) is 27.6 Å². The van der Waals surface area contributed by atoms with Gasteiger partial charge in [-0.25, -0.2) is 13.8 Å². The van der Waals surface area contributed by atoms with Gasteiger partial charge in [0, 0.05) is 29.3 Å². The number of nitrogens with two attached hydrogens (primary N) is 1. The lowest BCUT2D eigenvalue weighted by atomic mass is 9.77. The third-order valence-electron chi connectivity index (χ3n) is 5.89. The van der Waals surface area contributed by atoms with Gasteiger partial charge < -0.3 is 20.5 Å². The topological polar surface area (TPSA) is 116 Å². The van der Waals surface area contributed by atoms with Crippen LogP contribution in [0, 0.1) is 5.92 Å². The molecule has 1 saturated heterocycles. The molecule has 13 heteroatoms.